The molecule has 5 atom stereocenters. The highest BCUT2D eigenvalue weighted by atomic mass is 35.5. The molecule has 1 aliphatic carbocycles. The van der Waals surface area contributed by atoms with Crippen molar-refractivity contribution >= 4 is 33.2 Å². The molecular weight excluding hydrogens is 634 g/mol. The van der Waals surface area contributed by atoms with Gasteiger partial charge in [0.2, 0.25) is 10.0 Å². The molecule has 252 valence electrons. The summed E-state index contributed by atoms with van der Waals surface area (Å²) >= 11 is 6.35. The smallest absolute Gasteiger partial charge is 0.264 e. The summed E-state index contributed by atoms with van der Waals surface area (Å²) in [7, 11) is -3.95. The number of rotatable bonds is 2. The predicted octanol–water partition coefficient (Wildman–Crippen LogP) is 6.72. The maximum absolute atomic E-state index is 13.5. The Hall–Kier alpha value is -3.14. The lowest BCUT2D eigenvalue weighted by Gasteiger charge is -2.49. The van der Waals surface area contributed by atoms with Crippen molar-refractivity contribution in [2.45, 2.75) is 89.1 Å². The van der Waals surface area contributed by atoms with Crippen LogP contribution in [0.2, 0.25) is 5.02 Å². The van der Waals surface area contributed by atoms with E-state index in [0.717, 1.165) is 55.6 Å². The van der Waals surface area contributed by atoms with E-state index in [1.165, 1.54) is 5.56 Å². The van der Waals surface area contributed by atoms with Crippen molar-refractivity contribution in [1.29, 1.82) is 0 Å². The molecule has 6 rings (SSSR count). The van der Waals surface area contributed by atoms with Crippen LogP contribution in [0.1, 0.15) is 86.0 Å². The van der Waals surface area contributed by atoms with Crippen LogP contribution in [0.5, 0.6) is 5.75 Å². The zero-order chi connectivity index (χ0) is 33.2. The highest BCUT2D eigenvalue weighted by Crippen LogP contribution is 2.47. The second kappa shape index (κ2) is 14.1. The van der Waals surface area contributed by atoms with Crippen molar-refractivity contribution in [3.63, 3.8) is 0 Å². The molecule has 1 aromatic heterocycles. The summed E-state index contributed by atoms with van der Waals surface area (Å²) < 4.78 is 35.6. The van der Waals surface area contributed by atoms with Crippen molar-refractivity contribution in [3.8, 4) is 5.75 Å². The molecule has 10 heteroatoms. The second-order valence-electron chi connectivity index (χ2n) is 13.9. The van der Waals surface area contributed by atoms with Gasteiger partial charge in [-0.2, -0.15) is 0 Å². The molecule has 2 aliphatic heterocycles. The average molecular weight is 680 g/mol. The van der Waals surface area contributed by atoms with E-state index in [-0.39, 0.29) is 23.3 Å². The number of carbonyl (C=O) groups is 1. The first kappa shape index (κ1) is 33.7. The Balaban J connectivity index is 1.39. The van der Waals surface area contributed by atoms with Crippen LogP contribution in [0.4, 0.5) is 5.69 Å². The van der Waals surface area contributed by atoms with Crippen molar-refractivity contribution in [3.05, 3.63) is 88.2 Å². The molecule has 47 heavy (non-hydrogen) atoms. The molecule has 0 unspecified atom stereocenters. The molecule has 1 amide bonds. The largest absolute Gasteiger partial charge is 0.487 e. The Morgan fingerprint density at radius 3 is 2.66 bits per heavy atom. The van der Waals surface area contributed by atoms with Gasteiger partial charge in [0.1, 0.15) is 12.4 Å². The number of aromatic nitrogens is 1. The number of hydrogen-bond acceptors (Lipinski definition) is 7. The Morgan fingerprint density at radius 1 is 1.04 bits per heavy atom. The molecular formula is C37H46ClN3O5S. The van der Waals surface area contributed by atoms with Crippen LogP contribution in [-0.4, -0.2) is 48.4 Å². The van der Waals surface area contributed by atoms with Crippen molar-refractivity contribution in [2.24, 2.45) is 17.8 Å². The van der Waals surface area contributed by atoms with Crippen LogP contribution in [0.3, 0.4) is 0 Å². The van der Waals surface area contributed by atoms with E-state index < -0.39 is 26.8 Å². The van der Waals surface area contributed by atoms with E-state index >= 15 is 0 Å². The van der Waals surface area contributed by atoms with Gasteiger partial charge in [-0.25, -0.2) is 13.1 Å². The molecule has 1 saturated carbocycles. The summed E-state index contributed by atoms with van der Waals surface area (Å²) in [4.78, 5) is 20.3. The maximum Gasteiger partial charge on any atom is 0.264 e. The fraction of sp³-hybridized carbons (Fsp3) is 0.514. The van der Waals surface area contributed by atoms with E-state index in [1.54, 1.807) is 31.3 Å². The summed E-state index contributed by atoms with van der Waals surface area (Å²) in [6, 6.07) is 16.9. The van der Waals surface area contributed by atoms with Crippen molar-refractivity contribution in [2.75, 3.05) is 18.0 Å². The molecule has 8 nitrogen and oxygen atoms in total. The monoisotopic (exact) mass is 679 g/mol. The maximum atomic E-state index is 13.5. The zero-order valence-electron chi connectivity index (χ0n) is 27.3. The van der Waals surface area contributed by atoms with E-state index in [4.69, 9.17) is 16.3 Å². The van der Waals surface area contributed by atoms with E-state index in [0.29, 0.717) is 49.6 Å². The summed E-state index contributed by atoms with van der Waals surface area (Å²) in [5.74, 6) is 0.0852. The number of fused-ring (bicyclic) bond motifs is 3. The minimum atomic E-state index is -3.95. The first-order valence-electron chi connectivity index (χ1n) is 17.0. The average Bonchev–Trinajstić information content (AvgIpc) is 3.05. The summed E-state index contributed by atoms with van der Waals surface area (Å²) in [6.07, 6.45) is 8.72. The van der Waals surface area contributed by atoms with Gasteiger partial charge in [0.05, 0.1) is 16.5 Å². The lowest BCUT2D eigenvalue weighted by atomic mass is 9.61. The third-order valence-electron chi connectivity index (χ3n) is 10.8. The number of amides is 1. The molecule has 2 N–H and O–H groups in total. The van der Waals surface area contributed by atoms with Crippen molar-refractivity contribution < 1.29 is 23.1 Å². The van der Waals surface area contributed by atoms with Crippen LogP contribution in [0.15, 0.2) is 60.8 Å². The van der Waals surface area contributed by atoms with E-state index in [2.05, 4.69) is 14.6 Å². The first-order valence-corrected chi connectivity index (χ1v) is 18.9. The van der Waals surface area contributed by atoms with Crippen LogP contribution >= 0.6 is 11.6 Å². The number of nitrogens with zero attached hydrogens (tertiary/aromatic N) is 2. The highest BCUT2D eigenvalue weighted by molar-refractivity contribution is 7.90. The summed E-state index contributed by atoms with van der Waals surface area (Å²) in [5, 5.41) is 12.4. The molecule has 3 aliphatic rings. The highest BCUT2D eigenvalue weighted by Gasteiger charge is 2.47. The minimum Gasteiger partial charge on any atom is -0.487 e. The Labute approximate surface area is 283 Å². The molecule has 2 aromatic carbocycles. The zero-order valence-corrected chi connectivity index (χ0v) is 28.9. The van der Waals surface area contributed by atoms with Gasteiger partial charge in [-0.15, -0.1) is 0 Å². The number of benzene rings is 2. The Kier molecular flexibility index (Phi) is 10.2. The van der Waals surface area contributed by atoms with Crippen LogP contribution in [0.25, 0.3) is 0 Å². The van der Waals surface area contributed by atoms with E-state index in [9.17, 15) is 18.3 Å². The van der Waals surface area contributed by atoms with Gasteiger partial charge < -0.3 is 14.7 Å². The van der Waals surface area contributed by atoms with Crippen LogP contribution in [-0.2, 0) is 29.5 Å². The number of anilines is 1. The van der Waals surface area contributed by atoms with Gasteiger partial charge in [0.25, 0.3) is 5.91 Å². The van der Waals surface area contributed by atoms with Gasteiger partial charge in [0, 0.05) is 42.0 Å². The number of halogens is 1. The molecule has 2 bridgehead atoms. The normalized spacial score (nSPS) is 28.3. The number of pyridine rings is 1. The lowest BCUT2D eigenvalue weighted by Crippen LogP contribution is -2.52. The van der Waals surface area contributed by atoms with Gasteiger partial charge >= 0.3 is 0 Å². The Bertz CT molecular complexity index is 1690. The molecule has 3 heterocycles. The van der Waals surface area contributed by atoms with Crippen LogP contribution < -0.4 is 14.4 Å². The standard InChI is InChI=1S/C37H46ClN3O5S/c1-25-8-7-17-37(43,22-32-10-3-5-18-39-32)33-15-12-29(33)23-41-19-6-4-9-27-20-31(38)14-11-30(27)24-46-35-16-13-28(21-34(35)41)36(42)40-47(44,45)26(25)2/h3,5,10-11,13-14,16,18,20-21,25-26,29,33,43H,4,6-9,12,15,17,19,22-24H2,1-2H3,(H,40,42)/t25-,26+,29-,33+,37+/m0/s1. The molecule has 0 radical (unpaired) electrons. The van der Waals surface area contributed by atoms with Gasteiger partial charge in [-0.3, -0.25) is 9.78 Å². The SMILES string of the molecule is C[C@@H]1[C@@H](C)CCC[C@@](O)(Cc2ccccn2)[C@@H]2CC[C@H]2CN2CCCCc3cc(Cl)ccc3COc3ccc(cc32)C(=O)NS1(=O)=O. The van der Waals surface area contributed by atoms with Crippen molar-refractivity contribution in [1.82, 2.24) is 9.71 Å². The minimum absolute atomic E-state index is 0.0642. The van der Waals surface area contributed by atoms with Crippen LogP contribution in [0, 0.1) is 17.8 Å². The molecule has 0 spiro atoms. The number of hydrogen-bond donors (Lipinski definition) is 2. The number of aryl methyl sites for hydroxylation is 1. The third kappa shape index (κ3) is 7.63. The molecule has 1 fully saturated rings. The topological polar surface area (TPSA) is 109 Å². The van der Waals surface area contributed by atoms with Gasteiger partial charge in [0.15, 0.2) is 0 Å². The Morgan fingerprint density at radius 2 is 1.89 bits per heavy atom. The predicted molar refractivity (Wildman–Crippen MR) is 185 cm³/mol. The second-order valence-corrected chi connectivity index (χ2v) is 16.4. The first-order chi connectivity index (χ1) is 22.5. The lowest BCUT2D eigenvalue weighted by molar-refractivity contribution is -0.0885. The van der Waals surface area contributed by atoms with Gasteiger partial charge in [-0.1, -0.05) is 37.1 Å². The third-order valence-corrected chi connectivity index (χ3v) is 13.0. The fourth-order valence-electron chi connectivity index (χ4n) is 7.63. The number of carbonyl (C=O) groups excluding carboxylic acids is 1. The molecule has 0 saturated heterocycles. The van der Waals surface area contributed by atoms with E-state index in [1.807, 2.05) is 43.3 Å². The van der Waals surface area contributed by atoms with Gasteiger partial charge in [-0.05, 0) is 123 Å². The number of aliphatic hydroxyl groups is 1. The summed E-state index contributed by atoms with van der Waals surface area (Å²) in [5.41, 5.74) is 3.16. The quantitative estimate of drug-likeness (QED) is 0.309. The number of nitrogens with one attached hydrogen (secondary N) is 1. The summed E-state index contributed by atoms with van der Waals surface area (Å²) in [6.45, 7) is 5.33. The number of ether oxygens (including phenoxy) is 1. The number of sulfonamides is 1. The molecule has 3 aromatic rings. The fourth-order valence-corrected chi connectivity index (χ4v) is 9.14.